The van der Waals surface area contributed by atoms with Gasteiger partial charge in [0.05, 0.1) is 6.42 Å². The van der Waals surface area contributed by atoms with Gasteiger partial charge in [0.25, 0.3) is 0 Å². The van der Waals surface area contributed by atoms with Crippen molar-refractivity contribution in [2.75, 3.05) is 26.7 Å². The Balaban J connectivity index is 1.39. The monoisotopic (exact) mass is 393 g/mol. The fourth-order valence-corrected chi connectivity index (χ4v) is 4.30. The lowest BCUT2D eigenvalue weighted by molar-refractivity contribution is -0.119. The molecule has 1 saturated heterocycles. The molecule has 0 aliphatic carbocycles. The predicted molar refractivity (Wildman–Crippen MR) is 115 cm³/mol. The van der Waals surface area contributed by atoms with Gasteiger partial charge < -0.3 is 14.8 Å². The summed E-state index contributed by atoms with van der Waals surface area (Å²) in [6, 6.07) is 16.0. The van der Waals surface area contributed by atoms with Gasteiger partial charge in [-0.2, -0.15) is 0 Å². The maximum absolute atomic E-state index is 13.8. The van der Waals surface area contributed by atoms with Gasteiger partial charge in [-0.15, -0.1) is 0 Å². The van der Waals surface area contributed by atoms with Crippen LogP contribution in [-0.4, -0.2) is 42.1 Å². The largest absolute Gasteiger partial charge is 0.359 e. The molecule has 0 spiro atoms. The maximum atomic E-state index is 13.8. The lowest BCUT2D eigenvalue weighted by Gasteiger charge is -2.33. The first kappa shape index (κ1) is 19.6. The van der Waals surface area contributed by atoms with Crippen LogP contribution in [0.2, 0.25) is 0 Å². The molecule has 4 rings (SSSR count). The fourth-order valence-electron chi connectivity index (χ4n) is 4.30. The predicted octanol–water partition coefficient (Wildman–Crippen LogP) is 3.95. The third-order valence-corrected chi connectivity index (χ3v) is 6.04. The molecule has 3 aromatic rings. The Bertz CT molecular complexity index is 989. The van der Waals surface area contributed by atoms with Crippen molar-refractivity contribution in [1.29, 1.82) is 0 Å². The summed E-state index contributed by atoms with van der Waals surface area (Å²) < 4.78 is 16.2. The van der Waals surface area contributed by atoms with Crippen molar-refractivity contribution < 1.29 is 9.18 Å². The van der Waals surface area contributed by atoms with Crippen molar-refractivity contribution in [1.82, 2.24) is 14.8 Å². The molecule has 2 aromatic carbocycles. The van der Waals surface area contributed by atoms with E-state index in [0.29, 0.717) is 12.5 Å². The molecule has 1 fully saturated rings. The van der Waals surface area contributed by atoms with Crippen molar-refractivity contribution >= 4 is 16.8 Å². The second-order valence-electron chi connectivity index (χ2n) is 7.88. The van der Waals surface area contributed by atoms with E-state index < -0.39 is 0 Å². The first-order valence-corrected chi connectivity index (χ1v) is 10.4. The molecule has 0 unspecified atom stereocenters. The summed E-state index contributed by atoms with van der Waals surface area (Å²) in [5.41, 5.74) is 3.05. The number of hydrogen-bond donors (Lipinski definition) is 1. The lowest BCUT2D eigenvalue weighted by Crippen LogP contribution is -2.35. The van der Waals surface area contributed by atoms with Gasteiger partial charge in [0.2, 0.25) is 5.91 Å². The zero-order chi connectivity index (χ0) is 20.2. The van der Waals surface area contributed by atoms with E-state index in [1.165, 1.54) is 17.0 Å². The van der Waals surface area contributed by atoms with Crippen LogP contribution in [0.25, 0.3) is 10.9 Å². The summed E-state index contributed by atoms with van der Waals surface area (Å²) in [5, 5.41) is 3.91. The molecule has 152 valence electrons. The number of carbonyl (C=O) groups excluding carboxylic acids is 1. The highest BCUT2D eigenvalue weighted by molar-refractivity contribution is 5.84. The van der Waals surface area contributed by atoms with Crippen LogP contribution in [-0.2, 0) is 17.6 Å². The number of nitrogens with one attached hydrogen (secondary N) is 1. The van der Waals surface area contributed by atoms with E-state index >= 15 is 0 Å². The van der Waals surface area contributed by atoms with Gasteiger partial charge in [0.1, 0.15) is 5.82 Å². The number of halogens is 1. The molecule has 1 N–H and O–H groups in total. The highest BCUT2D eigenvalue weighted by Crippen LogP contribution is 2.28. The van der Waals surface area contributed by atoms with E-state index in [9.17, 15) is 9.18 Å². The summed E-state index contributed by atoms with van der Waals surface area (Å²) in [6.07, 6.45) is 5.51. The SMILES string of the molecule is CNC(=O)Cc1ccc2ccn(C3CCN(CCc4ccccc4F)CC3)c2c1. The normalized spacial score (nSPS) is 15.7. The third kappa shape index (κ3) is 4.51. The van der Waals surface area contributed by atoms with Gasteiger partial charge in [-0.25, -0.2) is 4.39 Å². The number of rotatable bonds is 6. The van der Waals surface area contributed by atoms with E-state index in [1.807, 2.05) is 18.2 Å². The number of aromatic nitrogens is 1. The van der Waals surface area contributed by atoms with Crippen molar-refractivity contribution in [3.8, 4) is 0 Å². The Morgan fingerprint density at radius 3 is 2.69 bits per heavy atom. The number of benzene rings is 2. The third-order valence-electron chi connectivity index (χ3n) is 6.04. The zero-order valence-corrected chi connectivity index (χ0v) is 16.9. The quantitative estimate of drug-likeness (QED) is 0.689. The molecule has 1 amide bonds. The van der Waals surface area contributed by atoms with Gasteiger partial charge in [-0.3, -0.25) is 4.79 Å². The van der Waals surface area contributed by atoms with Gasteiger partial charge in [0.15, 0.2) is 0 Å². The molecule has 0 bridgehead atoms. The van der Waals surface area contributed by atoms with Gasteiger partial charge in [-0.1, -0.05) is 30.3 Å². The topological polar surface area (TPSA) is 37.3 Å². The van der Waals surface area contributed by atoms with Gasteiger partial charge in [0, 0.05) is 44.4 Å². The van der Waals surface area contributed by atoms with Gasteiger partial charge in [-0.05, 0) is 54.0 Å². The summed E-state index contributed by atoms with van der Waals surface area (Å²) in [5.74, 6) is -0.0700. The molecular weight excluding hydrogens is 365 g/mol. The highest BCUT2D eigenvalue weighted by Gasteiger charge is 2.21. The van der Waals surface area contributed by atoms with Crippen LogP contribution in [0.5, 0.6) is 0 Å². The zero-order valence-electron chi connectivity index (χ0n) is 16.9. The van der Waals surface area contributed by atoms with Gasteiger partial charge >= 0.3 is 0 Å². The number of nitrogens with zero attached hydrogens (tertiary/aromatic N) is 2. The minimum Gasteiger partial charge on any atom is -0.359 e. The Morgan fingerprint density at radius 1 is 1.14 bits per heavy atom. The number of fused-ring (bicyclic) bond motifs is 1. The molecule has 1 aromatic heterocycles. The van der Waals surface area contributed by atoms with Crippen LogP contribution >= 0.6 is 0 Å². The summed E-state index contributed by atoms with van der Waals surface area (Å²) in [7, 11) is 1.67. The standard InChI is InChI=1S/C24H28FN3O/c1-26-24(29)17-18-6-7-20-9-15-28(23(20)16-18)21-10-13-27(14-11-21)12-8-19-4-2-3-5-22(19)25/h2-7,9,15-16,21H,8,10-14,17H2,1H3,(H,26,29). The Kier molecular flexibility index (Phi) is 5.95. The number of hydrogen-bond acceptors (Lipinski definition) is 2. The van der Waals surface area contributed by atoms with E-state index in [2.05, 4.69) is 39.2 Å². The summed E-state index contributed by atoms with van der Waals surface area (Å²) in [4.78, 5) is 14.2. The van der Waals surface area contributed by atoms with Crippen LogP contribution in [0, 0.1) is 5.82 Å². The van der Waals surface area contributed by atoms with Crippen LogP contribution in [0.3, 0.4) is 0 Å². The Labute approximate surface area is 171 Å². The smallest absolute Gasteiger partial charge is 0.224 e. The Hall–Kier alpha value is -2.66. The number of likely N-dealkylation sites (N-methyl/N-ethyl adjacent to an activating group) is 1. The average molecular weight is 394 g/mol. The molecule has 0 atom stereocenters. The second kappa shape index (κ2) is 8.78. The minimum atomic E-state index is -0.103. The molecule has 0 saturated carbocycles. The molecule has 2 heterocycles. The Morgan fingerprint density at radius 2 is 1.93 bits per heavy atom. The molecule has 5 heteroatoms. The first-order chi connectivity index (χ1) is 14.1. The molecule has 4 nitrogen and oxygen atoms in total. The van der Waals surface area contributed by atoms with E-state index in [0.717, 1.165) is 50.0 Å². The molecule has 1 aliphatic heterocycles. The van der Waals surface area contributed by atoms with Crippen LogP contribution in [0.4, 0.5) is 4.39 Å². The summed E-state index contributed by atoms with van der Waals surface area (Å²) >= 11 is 0. The number of carbonyl (C=O) groups is 1. The lowest BCUT2D eigenvalue weighted by atomic mass is 10.0. The van der Waals surface area contributed by atoms with Crippen molar-refractivity contribution in [2.45, 2.75) is 31.7 Å². The van der Waals surface area contributed by atoms with Crippen molar-refractivity contribution in [3.05, 3.63) is 71.7 Å². The first-order valence-electron chi connectivity index (χ1n) is 10.4. The number of piperidine rings is 1. The van der Waals surface area contributed by atoms with E-state index in [1.54, 1.807) is 13.1 Å². The molecule has 0 radical (unpaired) electrons. The molecule has 29 heavy (non-hydrogen) atoms. The van der Waals surface area contributed by atoms with E-state index in [-0.39, 0.29) is 11.7 Å². The average Bonchev–Trinajstić information content (AvgIpc) is 3.17. The number of likely N-dealkylation sites (tertiary alicyclic amines) is 1. The van der Waals surface area contributed by atoms with Crippen LogP contribution in [0.1, 0.15) is 30.0 Å². The van der Waals surface area contributed by atoms with Crippen molar-refractivity contribution in [2.24, 2.45) is 0 Å². The minimum absolute atomic E-state index is 0.0330. The second-order valence-corrected chi connectivity index (χ2v) is 7.88. The number of amides is 1. The fraction of sp³-hybridized carbons (Fsp3) is 0.375. The highest BCUT2D eigenvalue weighted by atomic mass is 19.1. The van der Waals surface area contributed by atoms with Crippen molar-refractivity contribution in [3.63, 3.8) is 0 Å². The molecule has 1 aliphatic rings. The maximum Gasteiger partial charge on any atom is 0.224 e. The van der Waals surface area contributed by atoms with Crippen LogP contribution in [0.15, 0.2) is 54.7 Å². The van der Waals surface area contributed by atoms with E-state index in [4.69, 9.17) is 0 Å². The van der Waals surface area contributed by atoms with Crippen LogP contribution < -0.4 is 5.32 Å². The molecular formula is C24H28FN3O. The summed E-state index contributed by atoms with van der Waals surface area (Å²) in [6.45, 7) is 2.95.